The van der Waals surface area contributed by atoms with Crippen molar-refractivity contribution >= 4 is 17.7 Å². The molecule has 2 aromatic rings. The van der Waals surface area contributed by atoms with Crippen LogP contribution in [-0.4, -0.2) is 32.5 Å². The molecular formula is C21H28N4OS. The van der Waals surface area contributed by atoms with Gasteiger partial charge in [-0.05, 0) is 31.2 Å². The summed E-state index contributed by atoms with van der Waals surface area (Å²) in [6.45, 7) is 8.75. The molecule has 27 heavy (non-hydrogen) atoms. The Morgan fingerprint density at radius 3 is 2.85 bits per heavy atom. The molecule has 5 nitrogen and oxygen atoms in total. The number of hydrogen-bond donors (Lipinski definition) is 1. The first-order chi connectivity index (χ1) is 13.1. The maximum Gasteiger partial charge on any atom is 0.230 e. The largest absolute Gasteiger partial charge is 0.352 e. The van der Waals surface area contributed by atoms with E-state index in [4.69, 9.17) is 0 Å². The number of aryl methyl sites for hydroxylation is 1. The number of benzene rings is 1. The predicted octanol–water partition coefficient (Wildman–Crippen LogP) is 4.23. The van der Waals surface area contributed by atoms with E-state index in [-0.39, 0.29) is 5.91 Å². The molecule has 1 N–H and O–H groups in total. The third-order valence-electron chi connectivity index (χ3n) is 5.20. The molecule has 1 aliphatic carbocycles. The molecule has 2 atom stereocenters. The maximum absolute atomic E-state index is 12.4. The molecule has 1 saturated carbocycles. The Morgan fingerprint density at radius 1 is 1.33 bits per heavy atom. The van der Waals surface area contributed by atoms with Crippen molar-refractivity contribution in [2.75, 3.05) is 5.75 Å². The van der Waals surface area contributed by atoms with E-state index in [1.54, 1.807) is 0 Å². The highest BCUT2D eigenvalue weighted by molar-refractivity contribution is 7.99. The van der Waals surface area contributed by atoms with Crippen molar-refractivity contribution in [3.63, 3.8) is 0 Å². The molecule has 6 heteroatoms. The number of amides is 1. The van der Waals surface area contributed by atoms with Gasteiger partial charge >= 0.3 is 0 Å². The first kappa shape index (κ1) is 19.7. The van der Waals surface area contributed by atoms with Crippen LogP contribution in [0.3, 0.4) is 0 Å². The number of aromatic nitrogens is 3. The molecule has 0 unspecified atom stereocenters. The minimum Gasteiger partial charge on any atom is -0.352 e. The molecular weight excluding hydrogens is 356 g/mol. The fourth-order valence-corrected chi connectivity index (χ4v) is 4.38. The zero-order chi connectivity index (χ0) is 19.2. The molecule has 3 rings (SSSR count). The van der Waals surface area contributed by atoms with Crippen LogP contribution in [0.4, 0.5) is 0 Å². The van der Waals surface area contributed by atoms with Crippen molar-refractivity contribution in [2.45, 2.75) is 57.3 Å². The molecule has 1 aliphatic rings. The molecule has 1 aromatic heterocycles. The Balaban J connectivity index is 1.69. The Morgan fingerprint density at radius 2 is 2.11 bits per heavy atom. The predicted molar refractivity (Wildman–Crippen MR) is 111 cm³/mol. The second kappa shape index (κ2) is 9.22. The first-order valence-electron chi connectivity index (χ1n) is 9.62. The van der Waals surface area contributed by atoms with Crippen molar-refractivity contribution in [1.82, 2.24) is 20.1 Å². The summed E-state index contributed by atoms with van der Waals surface area (Å²) in [5.74, 6) is 1.80. The fourth-order valence-electron chi connectivity index (χ4n) is 3.62. The summed E-state index contributed by atoms with van der Waals surface area (Å²) in [7, 11) is 0. The molecule has 1 aromatic carbocycles. The van der Waals surface area contributed by atoms with E-state index >= 15 is 0 Å². The van der Waals surface area contributed by atoms with Gasteiger partial charge in [0.05, 0.1) is 5.75 Å². The number of thioether (sulfide) groups is 1. The average molecular weight is 385 g/mol. The zero-order valence-electron chi connectivity index (χ0n) is 16.1. The minimum atomic E-state index is 0.0735. The Hall–Kier alpha value is -2.08. The zero-order valence-corrected chi connectivity index (χ0v) is 17.0. The monoisotopic (exact) mass is 384 g/mol. The van der Waals surface area contributed by atoms with Crippen LogP contribution in [0.15, 0.2) is 42.1 Å². The van der Waals surface area contributed by atoms with Gasteiger partial charge in [0.25, 0.3) is 0 Å². The van der Waals surface area contributed by atoms with Crippen molar-refractivity contribution in [3.05, 3.63) is 42.5 Å². The topological polar surface area (TPSA) is 59.8 Å². The van der Waals surface area contributed by atoms with Crippen LogP contribution in [-0.2, 0) is 11.3 Å². The number of hydrogen-bond acceptors (Lipinski definition) is 4. The third kappa shape index (κ3) is 4.80. The van der Waals surface area contributed by atoms with Gasteiger partial charge in [-0.15, -0.1) is 16.8 Å². The van der Waals surface area contributed by atoms with Crippen LogP contribution in [0.25, 0.3) is 11.4 Å². The summed E-state index contributed by atoms with van der Waals surface area (Å²) in [5.41, 5.74) is 2.20. The summed E-state index contributed by atoms with van der Waals surface area (Å²) in [6, 6.07) is 8.43. The molecule has 0 radical (unpaired) electrons. The SMILES string of the molecule is C=CCn1c(SCC(=O)N[C@H]2CCCC[C@@H]2C)nnc1-c1ccccc1C. The van der Waals surface area contributed by atoms with Gasteiger partial charge in [0, 0.05) is 18.2 Å². The van der Waals surface area contributed by atoms with Gasteiger partial charge in [-0.3, -0.25) is 9.36 Å². The third-order valence-corrected chi connectivity index (χ3v) is 6.17. The van der Waals surface area contributed by atoms with E-state index in [2.05, 4.69) is 42.0 Å². The van der Waals surface area contributed by atoms with Crippen LogP contribution in [0, 0.1) is 12.8 Å². The molecule has 0 aliphatic heterocycles. The highest BCUT2D eigenvalue weighted by Crippen LogP contribution is 2.27. The van der Waals surface area contributed by atoms with Crippen molar-refractivity contribution in [2.24, 2.45) is 5.92 Å². The molecule has 1 fully saturated rings. The van der Waals surface area contributed by atoms with Crippen molar-refractivity contribution < 1.29 is 4.79 Å². The van der Waals surface area contributed by atoms with Crippen LogP contribution in [0.2, 0.25) is 0 Å². The highest BCUT2D eigenvalue weighted by Gasteiger charge is 2.23. The lowest BCUT2D eigenvalue weighted by Gasteiger charge is -2.29. The second-order valence-corrected chi connectivity index (χ2v) is 8.19. The van der Waals surface area contributed by atoms with E-state index in [9.17, 15) is 4.79 Å². The van der Waals surface area contributed by atoms with Gasteiger partial charge in [0.15, 0.2) is 11.0 Å². The minimum absolute atomic E-state index is 0.0735. The quantitative estimate of drug-likeness (QED) is 0.573. The normalized spacial score (nSPS) is 19.6. The summed E-state index contributed by atoms with van der Waals surface area (Å²) in [6.07, 6.45) is 6.59. The standard InChI is InChI=1S/C21H28N4OS/c1-4-13-25-20(17-11-7-5-9-15(17)2)23-24-21(25)27-14-19(26)22-18-12-8-6-10-16(18)3/h4-5,7,9,11,16,18H,1,6,8,10,12-14H2,2-3H3,(H,22,26)/t16-,18-/m0/s1. The fraction of sp³-hybridized carbons (Fsp3) is 0.476. The number of carbonyl (C=O) groups excluding carboxylic acids is 1. The first-order valence-corrected chi connectivity index (χ1v) is 10.6. The van der Waals surface area contributed by atoms with Crippen molar-refractivity contribution in [1.29, 1.82) is 0 Å². The van der Waals surface area contributed by atoms with Gasteiger partial charge in [-0.1, -0.05) is 61.9 Å². The summed E-state index contributed by atoms with van der Waals surface area (Å²) >= 11 is 1.44. The van der Waals surface area contributed by atoms with E-state index < -0.39 is 0 Å². The highest BCUT2D eigenvalue weighted by atomic mass is 32.2. The van der Waals surface area contributed by atoms with E-state index in [0.29, 0.717) is 24.3 Å². The van der Waals surface area contributed by atoms with Crippen LogP contribution < -0.4 is 5.32 Å². The molecule has 0 spiro atoms. The van der Waals surface area contributed by atoms with Crippen LogP contribution in [0.5, 0.6) is 0 Å². The Labute approximate surface area is 165 Å². The number of allylic oxidation sites excluding steroid dienone is 1. The number of nitrogens with one attached hydrogen (secondary N) is 1. The van der Waals surface area contributed by atoms with Gasteiger partial charge in [0.1, 0.15) is 0 Å². The van der Waals surface area contributed by atoms with E-state index in [0.717, 1.165) is 28.5 Å². The molecule has 144 valence electrons. The van der Waals surface area contributed by atoms with Crippen LogP contribution in [0.1, 0.15) is 38.2 Å². The summed E-state index contributed by atoms with van der Waals surface area (Å²) in [5, 5.41) is 12.7. The molecule has 1 amide bonds. The van der Waals surface area contributed by atoms with Gasteiger partial charge < -0.3 is 5.32 Å². The lowest BCUT2D eigenvalue weighted by molar-refractivity contribution is -0.119. The van der Waals surface area contributed by atoms with E-state index in [1.807, 2.05) is 28.8 Å². The van der Waals surface area contributed by atoms with E-state index in [1.165, 1.54) is 31.0 Å². The Bertz CT molecular complexity index is 801. The number of rotatable bonds is 7. The number of carbonyl (C=O) groups is 1. The molecule has 1 heterocycles. The lowest BCUT2D eigenvalue weighted by atomic mass is 9.86. The summed E-state index contributed by atoms with van der Waals surface area (Å²) < 4.78 is 2.02. The Kier molecular flexibility index (Phi) is 6.72. The maximum atomic E-state index is 12.4. The average Bonchev–Trinajstić information content (AvgIpc) is 3.05. The second-order valence-electron chi connectivity index (χ2n) is 7.24. The van der Waals surface area contributed by atoms with Crippen LogP contribution >= 0.6 is 11.8 Å². The smallest absolute Gasteiger partial charge is 0.230 e. The number of nitrogens with zero attached hydrogens (tertiary/aromatic N) is 3. The lowest BCUT2D eigenvalue weighted by Crippen LogP contribution is -2.41. The van der Waals surface area contributed by atoms with Crippen molar-refractivity contribution in [3.8, 4) is 11.4 Å². The molecule has 0 saturated heterocycles. The van der Waals surface area contributed by atoms with Gasteiger partial charge in [0.2, 0.25) is 5.91 Å². The van der Waals surface area contributed by atoms with Gasteiger partial charge in [-0.25, -0.2) is 0 Å². The molecule has 0 bridgehead atoms. The van der Waals surface area contributed by atoms with Gasteiger partial charge in [-0.2, -0.15) is 0 Å². The summed E-state index contributed by atoms with van der Waals surface area (Å²) in [4.78, 5) is 12.4.